The summed E-state index contributed by atoms with van der Waals surface area (Å²) in [6, 6.07) is 11.4. The van der Waals surface area contributed by atoms with Gasteiger partial charge in [0.05, 0.1) is 16.7 Å². The molecule has 0 saturated carbocycles. The van der Waals surface area contributed by atoms with Crippen LogP contribution in [0.2, 0.25) is 5.02 Å². The Bertz CT molecular complexity index is 710. The van der Waals surface area contributed by atoms with E-state index >= 15 is 0 Å². The van der Waals surface area contributed by atoms with Crippen LogP contribution in [0.4, 0.5) is 4.39 Å². The first kappa shape index (κ1) is 15.0. The molecule has 0 aliphatic carbocycles. The molecule has 0 spiro atoms. The molecule has 0 aromatic heterocycles. The van der Waals surface area contributed by atoms with Gasteiger partial charge in [0, 0.05) is 10.0 Å². The first-order valence-corrected chi connectivity index (χ1v) is 6.92. The number of rotatable bonds is 2. The van der Waals surface area contributed by atoms with E-state index in [4.69, 9.17) is 16.9 Å². The van der Waals surface area contributed by atoms with Gasteiger partial charge in [0.25, 0.3) is 0 Å². The lowest BCUT2D eigenvalue weighted by atomic mass is 9.87. The zero-order valence-corrected chi connectivity index (χ0v) is 12.8. The molecule has 5 heteroatoms. The van der Waals surface area contributed by atoms with Crippen LogP contribution in [0, 0.1) is 17.1 Å². The van der Waals surface area contributed by atoms with Crippen LogP contribution in [0.3, 0.4) is 0 Å². The molecule has 0 saturated heterocycles. The molecular formula is C15H10BrClFNO. The van der Waals surface area contributed by atoms with Gasteiger partial charge in [-0.15, -0.1) is 0 Å². The van der Waals surface area contributed by atoms with Crippen LogP contribution in [0.15, 0.2) is 40.9 Å². The maximum Gasteiger partial charge on any atom is 0.149 e. The van der Waals surface area contributed by atoms with Crippen molar-refractivity contribution in [2.24, 2.45) is 0 Å². The molecule has 0 amide bonds. The molecule has 102 valence electrons. The summed E-state index contributed by atoms with van der Waals surface area (Å²) in [5.41, 5.74) is -0.706. The summed E-state index contributed by atoms with van der Waals surface area (Å²) in [6.07, 6.45) is 0. The normalized spacial score (nSPS) is 13.6. The Morgan fingerprint density at radius 1 is 1.35 bits per heavy atom. The van der Waals surface area contributed by atoms with Crippen LogP contribution < -0.4 is 0 Å². The Hall–Kier alpha value is -1.41. The van der Waals surface area contributed by atoms with Crippen molar-refractivity contribution in [3.63, 3.8) is 0 Å². The largest absolute Gasteiger partial charge is 0.381 e. The second kappa shape index (κ2) is 5.53. The van der Waals surface area contributed by atoms with Crippen molar-refractivity contribution in [1.82, 2.24) is 0 Å². The zero-order valence-electron chi connectivity index (χ0n) is 10.5. The minimum atomic E-state index is -1.58. The molecule has 0 radical (unpaired) electrons. The molecule has 20 heavy (non-hydrogen) atoms. The zero-order chi connectivity index (χ0) is 14.9. The van der Waals surface area contributed by atoms with E-state index in [0.29, 0.717) is 15.6 Å². The highest BCUT2D eigenvalue weighted by Gasteiger charge is 2.30. The number of hydrogen-bond acceptors (Lipinski definition) is 2. The van der Waals surface area contributed by atoms with Crippen LogP contribution in [-0.4, -0.2) is 5.11 Å². The van der Waals surface area contributed by atoms with E-state index in [1.54, 1.807) is 24.3 Å². The molecule has 0 aliphatic rings. The minimum Gasteiger partial charge on any atom is -0.381 e. The van der Waals surface area contributed by atoms with Gasteiger partial charge in [0.15, 0.2) is 0 Å². The predicted octanol–water partition coefficient (Wildman–Crippen LogP) is 4.37. The van der Waals surface area contributed by atoms with Crippen molar-refractivity contribution < 1.29 is 9.50 Å². The quantitative estimate of drug-likeness (QED) is 0.814. The number of benzene rings is 2. The van der Waals surface area contributed by atoms with Gasteiger partial charge < -0.3 is 5.11 Å². The number of nitriles is 1. The summed E-state index contributed by atoms with van der Waals surface area (Å²) in [5, 5.41) is 19.5. The van der Waals surface area contributed by atoms with Crippen LogP contribution in [-0.2, 0) is 5.60 Å². The molecule has 2 aromatic rings. The van der Waals surface area contributed by atoms with Gasteiger partial charge in [-0.05, 0) is 46.6 Å². The third-order valence-electron chi connectivity index (χ3n) is 3.11. The Morgan fingerprint density at radius 3 is 2.70 bits per heavy atom. The topological polar surface area (TPSA) is 44.0 Å². The number of aliphatic hydroxyl groups is 1. The average Bonchev–Trinajstić information content (AvgIpc) is 2.44. The fourth-order valence-electron chi connectivity index (χ4n) is 1.95. The Balaban J connectivity index is 2.60. The molecule has 2 rings (SSSR count). The van der Waals surface area contributed by atoms with E-state index in [2.05, 4.69) is 15.9 Å². The smallest absolute Gasteiger partial charge is 0.149 e. The highest BCUT2D eigenvalue weighted by molar-refractivity contribution is 9.10. The maximum atomic E-state index is 14.2. The molecule has 0 bridgehead atoms. The third-order valence-corrected chi connectivity index (χ3v) is 4.37. The Morgan fingerprint density at radius 2 is 2.05 bits per heavy atom. The predicted molar refractivity (Wildman–Crippen MR) is 78.9 cm³/mol. The maximum absolute atomic E-state index is 14.2. The van der Waals surface area contributed by atoms with Gasteiger partial charge >= 0.3 is 0 Å². The molecule has 0 fully saturated rings. The summed E-state index contributed by atoms with van der Waals surface area (Å²) in [4.78, 5) is 0. The van der Waals surface area contributed by atoms with Crippen molar-refractivity contribution in [3.05, 3.63) is 68.4 Å². The highest BCUT2D eigenvalue weighted by atomic mass is 79.9. The minimum absolute atomic E-state index is 0.0563. The monoisotopic (exact) mass is 353 g/mol. The van der Waals surface area contributed by atoms with E-state index in [1.165, 1.54) is 19.1 Å². The molecule has 2 nitrogen and oxygen atoms in total. The van der Waals surface area contributed by atoms with Gasteiger partial charge in [0.1, 0.15) is 11.4 Å². The fourth-order valence-corrected chi connectivity index (χ4v) is 2.42. The van der Waals surface area contributed by atoms with Gasteiger partial charge in [-0.3, -0.25) is 0 Å². The average molecular weight is 355 g/mol. The van der Waals surface area contributed by atoms with Gasteiger partial charge in [-0.1, -0.05) is 29.8 Å². The van der Waals surface area contributed by atoms with E-state index in [0.717, 1.165) is 0 Å². The van der Waals surface area contributed by atoms with Crippen molar-refractivity contribution >= 4 is 27.5 Å². The van der Waals surface area contributed by atoms with Gasteiger partial charge in [-0.25, -0.2) is 4.39 Å². The summed E-state index contributed by atoms with van der Waals surface area (Å²) >= 11 is 8.98. The first-order valence-electron chi connectivity index (χ1n) is 5.75. The molecular weight excluding hydrogens is 345 g/mol. The molecule has 1 N–H and O–H groups in total. The van der Waals surface area contributed by atoms with Gasteiger partial charge in [0.2, 0.25) is 0 Å². The second-order valence-electron chi connectivity index (χ2n) is 4.49. The SMILES string of the molecule is CC(O)(c1cccc(C#N)c1)c1ccc(Br)c(Cl)c1F. The number of hydrogen-bond donors (Lipinski definition) is 1. The summed E-state index contributed by atoms with van der Waals surface area (Å²) in [7, 11) is 0. The van der Waals surface area contributed by atoms with Crippen LogP contribution >= 0.6 is 27.5 Å². The van der Waals surface area contributed by atoms with Crippen molar-refractivity contribution in [1.29, 1.82) is 5.26 Å². The van der Waals surface area contributed by atoms with Crippen molar-refractivity contribution in [3.8, 4) is 6.07 Å². The Labute approximate surface area is 129 Å². The first-order chi connectivity index (χ1) is 9.37. The van der Waals surface area contributed by atoms with E-state index in [-0.39, 0.29) is 10.6 Å². The molecule has 2 aromatic carbocycles. The van der Waals surface area contributed by atoms with E-state index < -0.39 is 11.4 Å². The summed E-state index contributed by atoms with van der Waals surface area (Å²) in [5.74, 6) is -0.687. The van der Waals surface area contributed by atoms with Crippen LogP contribution in [0.25, 0.3) is 0 Å². The molecule has 0 aliphatic heterocycles. The van der Waals surface area contributed by atoms with Crippen molar-refractivity contribution in [2.75, 3.05) is 0 Å². The van der Waals surface area contributed by atoms with Crippen LogP contribution in [0.5, 0.6) is 0 Å². The highest BCUT2D eigenvalue weighted by Crippen LogP contribution is 2.36. The number of nitrogens with zero attached hydrogens (tertiary/aromatic N) is 1. The summed E-state index contributed by atoms with van der Waals surface area (Å²) < 4.78 is 14.7. The van der Waals surface area contributed by atoms with Crippen molar-refractivity contribution in [2.45, 2.75) is 12.5 Å². The molecule has 1 atom stereocenters. The number of halogens is 3. The summed E-state index contributed by atoms with van der Waals surface area (Å²) in [6.45, 7) is 1.46. The van der Waals surface area contributed by atoms with Crippen LogP contribution in [0.1, 0.15) is 23.6 Å². The van der Waals surface area contributed by atoms with E-state index in [1.807, 2.05) is 6.07 Å². The lowest BCUT2D eigenvalue weighted by molar-refractivity contribution is 0.0979. The second-order valence-corrected chi connectivity index (χ2v) is 5.72. The standard InChI is InChI=1S/C15H10BrClFNO/c1-15(20,10-4-2-3-9(7-10)8-19)11-5-6-12(16)13(17)14(11)18/h2-7,20H,1H3. The fraction of sp³-hybridized carbons (Fsp3) is 0.133. The third kappa shape index (κ3) is 2.57. The lowest BCUT2D eigenvalue weighted by Gasteiger charge is -2.25. The Kier molecular flexibility index (Phi) is 4.14. The lowest BCUT2D eigenvalue weighted by Crippen LogP contribution is -2.24. The molecule has 1 unspecified atom stereocenters. The molecule has 0 heterocycles. The van der Waals surface area contributed by atoms with Gasteiger partial charge in [-0.2, -0.15) is 5.26 Å². The van der Waals surface area contributed by atoms with E-state index in [9.17, 15) is 9.50 Å².